The number of benzene rings is 1. The number of halogens is 1. The molecule has 0 aliphatic rings. The lowest BCUT2D eigenvalue weighted by Gasteiger charge is -2.20. The monoisotopic (exact) mass is 352 g/mol. The van der Waals surface area contributed by atoms with Crippen LogP contribution >= 0.6 is 0 Å². The average Bonchev–Trinajstić information content (AvgIpc) is 2.54. The minimum absolute atomic E-state index is 0.0178. The summed E-state index contributed by atoms with van der Waals surface area (Å²) in [4.78, 5) is 22.8. The van der Waals surface area contributed by atoms with E-state index in [1.807, 2.05) is 0 Å². The van der Waals surface area contributed by atoms with E-state index in [1.165, 1.54) is 0 Å². The number of alkyl carbamates (subject to hydrolysis) is 1. The molecule has 0 saturated carbocycles. The molecular weight excluding hydrogens is 327 g/mol. The highest BCUT2D eigenvalue weighted by atomic mass is 19.1. The Bertz CT molecular complexity index is 606. The Morgan fingerprint density at radius 1 is 1.20 bits per heavy atom. The second-order valence-electron chi connectivity index (χ2n) is 6.34. The molecule has 2 N–H and O–H groups in total. The van der Waals surface area contributed by atoms with Gasteiger partial charge in [-0.25, -0.2) is 9.18 Å². The van der Waals surface area contributed by atoms with E-state index in [1.54, 1.807) is 52.0 Å². The number of ether oxygens (including phenoxy) is 2. The number of hydrogen-bond acceptors (Lipinski definition) is 4. The van der Waals surface area contributed by atoms with E-state index < -0.39 is 11.7 Å². The molecule has 25 heavy (non-hydrogen) atoms. The summed E-state index contributed by atoms with van der Waals surface area (Å²) in [6.07, 6.45) is 0.170. The van der Waals surface area contributed by atoms with E-state index in [2.05, 4.69) is 10.6 Å². The summed E-state index contributed by atoms with van der Waals surface area (Å²) in [5, 5.41) is 5.19. The highest BCUT2D eigenvalue weighted by Gasteiger charge is 2.16. The topological polar surface area (TPSA) is 76.7 Å². The van der Waals surface area contributed by atoms with Crippen molar-refractivity contribution in [1.29, 1.82) is 0 Å². The first-order valence-corrected chi connectivity index (χ1v) is 8.01. The molecule has 0 aliphatic carbocycles. The van der Waals surface area contributed by atoms with Crippen LogP contribution in [0, 0.1) is 0 Å². The van der Waals surface area contributed by atoms with Crippen LogP contribution in [0.4, 0.5) is 14.9 Å². The molecule has 0 radical (unpaired) electrons. The van der Waals surface area contributed by atoms with Crippen molar-refractivity contribution in [2.24, 2.45) is 0 Å². The standard InChI is InChI=1S/C18H25FN2O4/c1-5-16(22)21-14-6-8-15(9-7-14)24-12-13(10-19)11-20-17(23)25-18(2,3)4/h6-10H,5,11-12H2,1-4H3,(H,20,23)(H,21,22)/b13-10+. The zero-order valence-electron chi connectivity index (χ0n) is 15.0. The van der Waals surface area contributed by atoms with E-state index in [0.29, 0.717) is 24.2 Å². The van der Waals surface area contributed by atoms with Crippen LogP contribution in [0.2, 0.25) is 0 Å². The number of carbonyl (C=O) groups is 2. The quantitative estimate of drug-likeness (QED) is 0.783. The molecule has 0 bridgehead atoms. The molecular formula is C18H25FN2O4. The van der Waals surface area contributed by atoms with Gasteiger partial charge in [-0.1, -0.05) is 6.92 Å². The molecule has 0 atom stereocenters. The highest BCUT2D eigenvalue weighted by Crippen LogP contribution is 2.16. The average molecular weight is 352 g/mol. The first-order valence-electron chi connectivity index (χ1n) is 8.01. The lowest BCUT2D eigenvalue weighted by atomic mass is 10.2. The molecule has 1 rings (SSSR count). The van der Waals surface area contributed by atoms with Gasteiger partial charge in [-0.3, -0.25) is 4.79 Å². The van der Waals surface area contributed by atoms with Gasteiger partial charge in [0.1, 0.15) is 18.0 Å². The Morgan fingerprint density at radius 2 is 1.84 bits per heavy atom. The SMILES string of the molecule is CCC(=O)Nc1ccc(OC/C(=C/F)CNC(=O)OC(C)(C)C)cc1. The van der Waals surface area contributed by atoms with E-state index in [4.69, 9.17) is 9.47 Å². The Labute approximate surface area is 147 Å². The largest absolute Gasteiger partial charge is 0.489 e. The van der Waals surface area contributed by atoms with Gasteiger partial charge in [0.2, 0.25) is 5.91 Å². The summed E-state index contributed by atoms with van der Waals surface area (Å²) in [5.74, 6) is 0.440. The van der Waals surface area contributed by atoms with Crippen LogP contribution in [0.1, 0.15) is 34.1 Å². The second kappa shape index (κ2) is 9.66. The maximum Gasteiger partial charge on any atom is 0.407 e. The van der Waals surface area contributed by atoms with Gasteiger partial charge in [0.05, 0.1) is 6.33 Å². The van der Waals surface area contributed by atoms with Crippen molar-refractivity contribution in [3.05, 3.63) is 36.2 Å². The third kappa shape index (κ3) is 8.74. The Balaban J connectivity index is 2.44. The Morgan fingerprint density at radius 3 is 2.36 bits per heavy atom. The third-order valence-corrected chi connectivity index (χ3v) is 2.90. The summed E-state index contributed by atoms with van der Waals surface area (Å²) in [6.45, 7) is 6.96. The van der Waals surface area contributed by atoms with Crippen molar-refractivity contribution in [3.8, 4) is 5.75 Å². The first-order chi connectivity index (χ1) is 11.7. The Hall–Kier alpha value is -2.57. The van der Waals surface area contributed by atoms with Crippen molar-refractivity contribution in [2.45, 2.75) is 39.7 Å². The van der Waals surface area contributed by atoms with Crippen molar-refractivity contribution in [1.82, 2.24) is 5.32 Å². The summed E-state index contributed by atoms with van der Waals surface area (Å²) in [5.41, 5.74) is 0.302. The summed E-state index contributed by atoms with van der Waals surface area (Å²) < 4.78 is 23.5. The van der Waals surface area contributed by atoms with Crippen LogP contribution < -0.4 is 15.4 Å². The van der Waals surface area contributed by atoms with E-state index in [9.17, 15) is 14.0 Å². The Kier molecular flexibility index (Phi) is 7.91. The molecule has 138 valence electrons. The molecule has 7 heteroatoms. The van der Waals surface area contributed by atoms with Crippen molar-refractivity contribution in [3.63, 3.8) is 0 Å². The summed E-state index contributed by atoms with van der Waals surface area (Å²) in [6, 6.07) is 6.73. The lowest BCUT2D eigenvalue weighted by Crippen LogP contribution is -2.34. The predicted molar refractivity (Wildman–Crippen MR) is 94.3 cm³/mol. The van der Waals surface area contributed by atoms with E-state index >= 15 is 0 Å². The molecule has 0 saturated heterocycles. The number of nitrogens with one attached hydrogen (secondary N) is 2. The zero-order chi connectivity index (χ0) is 18.9. The van der Waals surface area contributed by atoms with Crippen molar-refractivity contribution >= 4 is 17.7 Å². The van der Waals surface area contributed by atoms with Gasteiger partial charge >= 0.3 is 6.09 Å². The molecule has 6 nitrogen and oxygen atoms in total. The van der Waals surface area contributed by atoms with Crippen LogP contribution in [-0.2, 0) is 9.53 Å². The number of hydrogen-bond donors (Lipinski definition) is 2. The van der Waals surface area contributed by atoms with Crippen LogP contribution in [0.5, 0.6) is 5.75 Å². The second-order valence-corrected chi connectivity index (χ2v) is 6.34. The minimum atomic E-state index is -0.622. The minimum Gasteiger partial charge on any atom is -0.489 e. The molecule has 0 unspecified atom stereocenters. The summed E-state index contributed by atoms with van der Waals surface area (Å²) >= 11 is 0. The maximum absolute atomic E-state index is 12.9. The third-order valence-electron chi connectivity index (χ3n) is 2.90. The molecule has 1 aromatic carbocycles. The molecule has 1 aromatic rings. The fraction of sp³-hybridized carbons (Fsp3) is 0.444. The van der Waals surface area contributed by atoms with Crippen LogP contribution in [0.15, 0.2) is 36.2 Å². The fourth-order valence-electron chi connectivity index (χ4n) is 1.68. The molecule has 0 fully saturated rings. The predicted octanol–water partition coefficient (Wildman–Crippen LogP) is 3.79. The summed E-state index contributed by atoms with van der Waals surface area (Å²) in [7, 11) is 0. The van der Waals surface area contributed by atoms with Gasteiger partial charge in [0, 0.05) is 24.2 Å². The van der Waals surface area contributed by atoms with Crippen LogP contribution in [0.3, 0.4) is 0 Å². The van der Waals surface area contributed by atoms with Crippen molar-refractivity contribution < 1.29 is 23.5 Å². The normalized spacial score (nSPS) is 11.6. The van der Waals surface area contributed by atoms with Gasteiger partial charge < -0.3 is 20.1 Å². The van der Waals surface area contributed by atoms with Crippen LogP contribution in [-0.4, -0.2) is 30.8 Å². The number of carbonyl (C=O) groups excluding carboxylic acids is 2. The van der Waals surface area contributed by atoms with E-state index in [-0.39, 0.29) is 24.6 Å². The van der Waals surface area contributed by atoms with Gasteiger partial charge in [0.15, 0.2) is 0 Å². The molecule has 0 heterocycles. The molecule has 2 amide bonds. The van der Waals surface area contributed by atoms with Crippen LogP contribution in [0.25, 0.3) is 0 Å². The zero-order valence-corrected chi connectivity index (χ0v) is 15.0. The number of anilines is 1. The maximum atomic E-state index is 12.9. The van der Waals surface area contributed by atoms with E-state index in [0.717, 1.165) is 0 Å². The van der Waals surface area contributed by atoms with Gasteiger partial charge in [-0.15, -0.1) is 0 Å². The van der Waals surface area contributed by atoms with Crippen molar-refractivity contribution in [2.75, 3.05) is 18.5 Å². The number of amides is 2. The molecule has 0 aromatic heterocycles. The van der Waals surface area contributed by atoms with Gasteiger partial charge in [-0.05, 0) is 45.0 Å². The fourth-order valence-corrected chi connectivity index (χ4v) is 1.68. The highest BCUT2D eigenvalue weighted by molar-refractivity contribution is 5.90. The molecule has 0 spiro atoms. The lowest BCUT2D eigenvalue weighted by molar-refractivity contribution is -0.115. The molecule has 0 aliphatic heterocycles. The first kappa shape index (κ1) is 20.5. The number of rotatable bonds is 7. The smallest absolute Gasteiger partial charge is 0.407 e. The van der Waals surface area contributed by atoms with Gasteiger partial charge in [0.25, 0.3) is 0 Å². The van der Waals surface area contributed by atoms with Gasteiger partial charge in [-0.2, -0.15) is 0 Å².